The van der Waals surface area contributed by atoms with Crippen LogP contribution in [0.2, 0.25) is 0 Å². The van der Waals surface area contributed by atoms with Gasteiger partial charge >= 0.3 is 0 Å². The molecule has 0 aromatic heterocycles. The van der Waals surface area contributed by atoms with Crippen molar-refractivity contribution in [2.45, 2.75) is 52.2 Å². The van der Waals surface area contributed by atoms with Crippen molar-refractivity contribution in [2.24, 2.45) is 0 Å². The Hall–Kier alpha value is -3.27. The summed E-state index contributed by atoms with van der Waals surface area (Å²) < 4.78 is 37.1. The summed E-state index contributed by atoms with van der Waals surface area (Å²) >= 11 is 0. The number of nitrogens with one attached hydrogen (secondary N) is 1. The first-order valence-corrected chi connectivity index (χ1v) is 13.7. The van der Waals surface area contributed by atoms with Gasteiger partial charge in [0.1, 0.15) is 12.6 Å². The van der Waals surface area contributed by atoms with Gasteiger partial charge in [-0.05, 0) is 37.5 Å². The summed E-state index contributed by atoms with van der Waals surface area (Å²) in [5.74, 6) is -0.00512. The zero-order chi connectivity index (χ0) is 26.9. The number of ether oxygens (including phenoxy) is 2. The Kier molecular flexibility index (Phi) is 10.6. The standard InChI is InChI=1S/C26H37N3O6S/c1-7-19(3)27-26(31)22(8-2)28(17-20-12-10-9-11-13-20)25(30)18-29(36(6,32)33)21-14-15-23(34-4)24(16-21)35-5/h9-16,19,22H,7-8,17-18H2,1-6H3,(H,27,31)/t19-,22+/m1/s1. The molecule has 0 unspecified atom stereocenters. The van der Waals surface area contributed by atoms with Crippen LogP contribution >= 0.6 is 0 Å². The van der Waals surface area contributed by atoms with E-state index in [9.17, 15) is 18.0 Å². The highest BCUT2D eigenvalue weighted by Gasteiger charge is 2.32. The minimum atomic E-state index is -3.85. The molecular formula is C26H37N3O6S. The zero-order valence-corrected chi connectivity index (χ0v) is 22.7. The molecule has 198 valence electrons. The summed E-state index contributed by atoms with van der Waals surface area (Å²) in [7, 11) is -0.927. The van der Waals surface area contributed by atoms with Crippen molar-refractivity contribution in [2.75, 3.05) is 31.3 Å². The highest BCUT2D eigenvalue weighted by Crippen LogP contribution is 2.32. The normalized spacial score (nSPS) is 12.8. The fraction of sp³-hybridized carbons (Fsp3) is 0.462. The van der Waals surface area contributed by atoms with Crippen molar-refractivity contribution < 1.29 is 27.5 Å². The van der Waals surface area contributed by atoms with Gasteiger partial charge in [-0.25, -0.2) is 8.42 Å². The molecule has 36 heavy (non-hydrogen) atoms. The number of rotatable bonds is 13. The van der Waals surface area contributed by atoms with Crippen LogP contribution in [0.5, 0.6) is 11.5 Å². The molecule has 0 fully saturated rings. The van der Waals surface area contributed by atoms with Crippen molar-refractivity contribution in [1.82, 2.24) is 10.2 Å². The lowest BCUT2D eigenvalue weighted by atomic mass is 10.1. The highest BCUT2D eigenvalue weighted by atomic mass is 32.2. The molecule has 0 saturated heterocycles. The van der Waals surface area contributed by atoms with E-state index in [1.54, 1.807) is 12.1 Å². The van der Waals surface area contributed by atoms with Gasteiger partial charge in [-0.15, -0.1) is 0 Å². The van der Waals surface area contributed by atoms with E-state index in [1.807, 2.05) is 51.1 Å². The van der Waals surface area contributed by atoms with Gasteiger partial charge in [0.2, 0.25) is 21.8 Å². The van der Waals surface area contributed by atoms with Crippen molar-refractivity contribution in [3.8, 4) is 11.5 Å². The monoisotopic (exact) mass is 519 g/mol. The maximum Gasteiger partial charge on any atom is 0.244 e. The van der Waals surface area contributed by atoms with Gasteiger partial charge in [0.15, 0.2) is 11.5 Å². The second-order valence-corrected chi connectivity index (χ2v) is 10.5. The molecule has 0 radical (unpaired) electrons. The fourth-order valence-electron chi connectivity index (χ4n) is 3.73. The molecule has 0 aliphatic rings. The van der Waals surface area contributed by atoms with Crippen LogP contribution < -0.4 is 19.1 Å². The van der Waals surface area contributed by atoms with Crippen LogP contribution in [0.1, 0.15) is 39.2 Å². The second-order valence-electron chi connectivity index (χ2n) is 8.56. The smallest absolute Gasteiger partial charge is 0.244 e. The van der Waals surface area contributed by atoms with E-state index in [1.165, 1.54) is 25.2 Å². The minimum Gasteiger partial charge on any atom is -0.493 e. The summed E-state index contributed by atoms with van der Waals surface area (Å²) in [4.78, 5) is 28.3. The summed E-state index contributed by atoms with van der Waals surface area (Å²) in [6.07, 6.45) is 2.15. The molecule has 0 bridgehead atoms. The third-order valence-corrected chi connectivity index (χ3v) is 7.06. The minimum absolute atomic E-state index is 0.0560. The lowest BCUT2D eigenvalue weighted by Gasteiger charge is -2.33. The Morgan fingerprint density at radius 3 is 2.14 bits per heavy atom. The van der Waals surface area contributed by atoms with Crippen LogP contribution in [0.25, 0.3) is 0 Å². The number of amides is 2. The van der Waals surface area contributed by atoms with Gasteiger partial charge in [-0.1, -0.05) is 44.2 Å². The van der Waals surface area contributed by atoms with Gasteiger partial charge in [-0.2, -0.15) is 0 Å². The maximum absolute atomic E-state index is 13.7. The van der Waals surface area contributed by atoms with Gasteiger partial charge in [-0.3, -0.25) is 13.9 Å². The predicted octanol–water partition coefficient (Wildman–Crippen LogP) is 3.19. The Labute approximate surface area is 214 Å². The van der Waals surface area contributed by atoms with Gasteiger partial charge in [0.25, 0.3) is 0 Å². The van der Waals surface area contributed by atoms with Crippen molar-refractivity contribution in [3.63, 3.8) is 0 Å². The average molecular weight is 520 g/mol. The predicted molar refractivity (Wildman–Crippen MR) is 141 cm³/mol. The number of methoxy groups -OCH3 is 2. The number of benzene rings is 2. The second kappa shape index (κ2) is 13.2. The van der Waals surface area contributed by atoms with Crippen LogP contribution in [-0.2, 0) is 26.2 Å². The van der Waals surface area contributed by atoms with Crippen LogP contribution in [0, 0.1) is 0 Å². The first-order chi connectivity index (χ1) is 17.0. The molecule has 1 N–H and O–H groups in total. The SMILES string of the molecule is CC[C@@H](C)NC(=O)[C@H](CC)N(Cc1ccccc1)C(=O)CN(c1ccc(OC)c(OC)c1)S(C)(=O)=O. The van der Waals surface area contributed by atoms with Crippen molar-refractivity contribution in [1.29, 1.82) is 0 Å². The van der Waals surface area contributed by atoms with Gasteiger partial charge in [0, 0.05) is 18.7 Å². The molecule has 0 spiro atoms. The molecular weight excluding hydrogens is 482 g/mol. The van der Waals surface area contributed by atoms with E-state index in [0.29, 0.717) is 17.9 Å². The fourth-order valence-corrected chi connectivity index (χ4v) is 4.58. The van der Waals surface area contributed by atoms with Gasteiger partial charge < -0.3 is 19.7 Å². The van der Waals surface area contributed by atoms with Crippen LogP contribution in [-0.4, -0.2) is 64.2 Å². The topological polar surface area (TPSA) is 105 Å². The lowest BCUT2D eigenvalue weighted by Crippen LogP contribution is -2.53. The first-order valence-electron chi connectivity index (χ1n) is 11.9. The Balaban J connectivity index is 2.46. The van der Waals surface area contributed by atoms with Crippen LogP contribution in [0.15, 0.2) is 48.5 Å². The molecule has 2 amide bonds. The number of carbonyl (C=O) groups is 2. The summed E-state index contributed by atoms with van der Waals surface area (Å²) in [6, 6.07) is 13.1. The number of anilines is 1. The summed E-state index contributed by atoms with van der Waals surface area (Å²) in [5.41, 5.74) is 1.08. The Morgan fingerprint density at radius 1 is 0.972 bits per heavy atom. The molecule has 2 aromatic rings. The molecule has 2 aromatic carbocycles. The Bertz CT molecular complexity index is 1120. The molecule has 2 atom stereocenters. The molecule has 10 heteroatoms. The van der Waals surface area contributed by atoms with Gasteiger partial charge in [0.05, 0.1) is 26.2 Å². The third kappa shape index (κ3) is 7.61. The van der Waals surface area contributed by atoms with E-state index in [0.717, 1.165) is 22.5 Å². The summed E-state index contributed by atoms with van der Waals surface area (Å²) in [6.45, 7) is 5.38. The van der Waals surface area contributed by atoms with Crippen LogP contribution in [0.4, 0.5) is 5.69 Å². The molecule has 0 saturated carbocycles. The third-order valence-electron chi connectivity index (χ3n) is 5.92. The molecule has 0 aliphatic heterocycles. The number of nitrogens with zero attached hydrogens (tertiary/aromatic N) is 2. The molecule has 9 nitrogen and oxygen atoms in total. The molecule has 0 aliphatic carbocycles. The molecule has 2 rings (SSSR count). The van der Waals surface area contributed by atoms with E-state index in [-0.39, 0.29) is 24.2 Å². The Morgan fingerprint density at radius 2 is 1.61 bits per heavy atom. The van der Waals surface area contributed by atoms with Crippen molar-refractivity contribution in [3.05, 3.63) is 54.1 Å². The number of hydrogen-bond acceptors (Lipinski definition) is 6. The van der Waals surface area contributed by atoms with Crippen molar-refractivity contribution >= 4 is 27.5 Å². The summed E-state index contributed by atoms with van der Waals surface area (Å²) in [5, 5.41) is 2.95. The molecule has 0 heterocycles. The number of carbonyl (C=O) groups excluding carboxylic acids is 2. The zero-order valence-electron chi connectivity index (χ0n) is 21.9. The quantitative estimate of drug-likeness (QED) is 0.436. The lowest BCUT2D eigenvalue weighted by molar-refractivity contribution is -0.140. The van der Waals surface area contributed by atoms with E-state index in [2.05, 4.69) is 5.32 Å². The maximum atomic E-state index is 13.7. The first kappa shape index (κ1) is 29.0. The number of sulfonamides is 1. The van der Waals surface area contributed by atoms with E-state index >= 15 is 0 Å². The largest absolute Gasteiger partial charge is 0.493 e. The highest BCUT2D eigenvalue weighted by molar-refractivity contribution is 7.92. The average Bonchev–Trinajstić information content (AvgIpc) is 2.86. The number of hydrogen-bond donors (Lipinski definition) is 1. The van der Waals surface area contributed by atoms with E-state index < -0.39 is 28.5 Å². The van der Waals surface area contributed by atoms with Crippen LogP contribution in [0.3, 0.4) is 0 Å². The van der Waals surface area contributed by atoms with E-state index in [4.69, 9.17) is 9.47 Å².